The largest absolute Gasteiger partial charge is 0.382 e. The molecule has 0 aliphatic heterocycles. The summed E-state index contributed by atoms with van der Waals surface area (Å²) in [7, 11) is 1.62. The van der Waals surface area contributed by atoms with Gasteiger partial charge in [-0.1, -0.05) is 6.07 Å². The van der Waals surface area contributed by atoms with E-state index in [2.05, 4.69) is 0 Å². The Morgan fingerprint density at radius 2 is 2.00 bits per heavy atom. The standard InChI is InChI=1S/C11H16O4S/c1-13-4-5-14-6-7-15-9-10(12)11-3-2-8-16-11/h2-3,8H,4-7,9H2,1H3. The van der Waals surface area contributed by atoms with Crippen molar-refractivity contribution in [1.82, 2.24) is 0 Å². The third kappa shape index (κ3) is 5.37. The van der Waals surface area contributed by atoms with E-state index in [1.165, 1.54) is 11.3 Å². The third-order valence-electron chi connectivity index (χ3n) is 1.83. The Labute approximate surface area is 99.1 Å². The summed E-state index contributed by atoms with van der Waals surface area (Å²) in [5, 5.41) is 1.88. The van der Waals surface area contributed by atoms with Crippen molar-refractivity contribution in [3.05, 3.63) is 22.4 Å². The second kappa shape index (κ2) is 8.41. The van der Waals surface area contributed by atoms with Crippen molar-refractivity contribution < 1.29 is 19.0 Å². The quantitative estimate of drug-likeness (QED) is 0.489. The molecule has 0 atom stereocenters. The van der Waals surface area contributed by atoms with Crippen LogP contribution in [-0.2, 0) is 14.2 Å². The molecule has 0 aliphatic rings. The van der Waals surface area contributed by atoms with Crippen LogP contribution in [0.4, 0.5) is 0 Å². The molecule has 4 nitrogen and oxygen atoms in total. The fourth-order valence-electron chi connectivity index (χ4n) is 1.04. The first-order valence-electron chi connectivity index (χ1n) is 5.05. The number of carbonyl (C=O) groups is 1. The van der Waals surface area contributed by atoms with Crippen LogP contribution in [0.1, 0.15) is 9.67 Å². The summed E-state index contributed by atoms with van der Waals surface area (Å²) in [6.07, 6.45) is 0. The number of methoxy groups -OCH3 is 1. The lowest BCUT2D eigenvalue weighted by atomic mass is 10.3. The molecule has 0 radical (unpaired) electrons. The van der Waals surface area contributed by atoms with Crippen molar-refractivity contribution in [1.29, 1.82) is 0 Å². The van der Waals surface area contributed by atoms with Gasteiger partial charge in [0.15, 0.2) is 5.78 Å². The molecule has 1 rings (SSSR count). The van der Waals surface area contributed by atoms with E-state index >= 15 is 0 Å². The SMILES string of the molecule is COCCOCCOCC(=O)c1cccs1. The summed E-state index contributed by atoms with van der Waals surface area (Å²) >= 11 is 1.43. The van der Waals surface area contributed by atoms with Gasteiger partial charge in [-0.25, -0.2) is 0 Å². The summed E-state index contributed by atoms with van der Waals surface area (Å²) in [5.74, 6) is 0.0203. The first kappa shape index (κ1) is 13.3. The van der Waals surface area contributed by atoms with Crippen molar-refractivity contribution in [2.24, 2.45) is 0 Å². The summed E-state index contributed by atoms with van der Waals surface area (Å²) < 4.78 is 15.2. The number of ketones is 1. The van der Waals surface area contributed by atoms with E-state index < -0.39 is 0 Å². The van der Waals surface area contributed by atoms with Gasteiger partial charge in [0.2, 0.25) is 0 Å². The lowest BCUT2D eigenvalue weighted by Gasteiger charge is -2.04. The lowest BCUT2D eigenvalue weighted by molar-refractivity contribution is 0.0254. The van der Waals surface area contributed by atoms with E-state index in [0.29, 0.717) is 26.4 Å². The molecule has 0 aromatic carbocycles. The maximum atomic E-state index is 11.5. The van der Waals surface area contributed by atoms with Crippen LogP contribution in [0.15, 0.2) is 17.5 Å². The molecule has 0 spiro atoms. The Balaban J connectivity index is 1.97. The number of thiophene rings is 1. The van der Waals surface area contributed by atoms with Crippen LogP contribution >= 0.6 is 11.3 Å². The minimum absolute atomic E-state index is 0.0203. The highest BCUT2D eigenvalue weighted by Crippen LogP contribution is 2.08. The molecule has 0 aliphatic carbocycles. The van der Waals surface area contributed by atoms with Gasteiger partial charge in [0.25, 0.3) is 0 Å². The topological polar surface area (TPSA) is 44.8 Å². The Kier molecular flexibility index (Phi) is 7.00. The Morgan fingerprint density at radius 3 is 2.69 bits per heavy atom. The maximum Gasteiger partial charge on any atom is 0.198 e. The van der Waals surface area contributed by atoms with Gasteiger partial charge in [0.05, 0.1) is 31.3 Å². The van der Waals surface area contributed by atoms with Gasteiger partial charge in [0.1, 0.15) is 6.61 Å². The molecule has 0 fully saturated rings. The molecule has 90 valence electrons. The van der Waals surface area contributed by atoms with Crippen LogP contribution in [-0.4, -0.2) is 45.9 Å². The van der Waals surface area contributed by atoms with Crippen molar-refractivity contribution in [2.45, 2.75) is 0 Å². The van der Waals surface area contributed by atoms with Gasteiger partial charge in [-0.15, -0.1) is 11.3 Å². The lowest BCUT2D eigenvalue weighted by Crippen LogP contribution is -2.13. The van der Waals surface area contributed by atoms with Gasteiger partial charge in [-0.05, 0) is 11.4 Å². The number of rotatable bonds is 9. The molecule has 1 aromatic rings. The van der Waals surface area contributed by atoms with E-state index in [-0.39, 0.29) is 12.4 Å². The summed E-state index contributed by atoms with van der Waals surface area (Å²) in [6.45, 7) is 2.17. The van der Waals surface area contributed by atoms with Gasteiger partial charge < -0.3 is 14.2 Å². The zero-order valence-electron chi connectivity index (χ0n) is 9.31. The number of carbonyl (C=O) groups excluding carboxylic acids is 1. The van der Waals surface area contributed by atoms with Crippen LogP contribution in [0.25, 0.3) is 0 Å². The van der Waals surface area contributed by atoms with Gasteiger partial charge >= 0.3 is 0 Å². The minimum atomic E-state index is 0.0203. The molecular weight excluding hydrogens is 228 g/mol. The normalized spacial score (nSPS) is 10.6. The van der Waals surface area contributed by atoms with Gasteiger partial charge in [-0.2, -0.15) is 0 Å². The average molecular weight is 244 g/mol. The predicted molar refractivity (Wildman–Crippen MR) is 62.2 cm³/mol. The van der Waals surface area contributed by atoms with Crippen molar-refractivity contribution >= 4 is 17.1 Å². The van der Waals surface area contributed by atoms with Crippen LogP contribution < -0.4 is 0 Å². The van der Waals surface area contributed by atoms with Crippen LogP contribution in [0.2, 0.25) is 0 Å². The number of Topliss-reactive ketones (excluding diaryl/α,β-unsaturated/α-hetero) is 1. The molecule has 1 heterocycles. The van der Waals surface area contributed by atoms with Gasteiger partial charge in [0, 0.05) is 7.11 Å². The monoisotopic (exact) mass is 244 g/mol. The highest BCUT2D eigenvalue weighted by Gasteiger charge is 2.05. The molecule has 0 saturated heterocycles. The molecule has 0 amide bonds. The predicted octanol–water partition coefficient (Wildman–Crippen LogP) is 1.61. The second-order valence-electron chi connectivity index (χ2n) is 3.06. The molecule has 0 bridgehead atoms. The average Bonchev–Trinajstić information content (AvgIpc) is 2.81. The summed E-state index contributed by atoms with van der Waals surface area (Å²) in [5.41, 5.74) is 0. The maximum absolute atomic E-state index is 11.5. The molecule has 0 N–H and O–H groups in total. The minimum Gasteiger partial charge on any atom is -0.382 e. The van der Waals surface area contributed by atoms with E-state index in [1.54, 1.807) is 13.2 Å². The van der Waals surface area contributed by atoms with Crippen LogP contribution in [0, 0.1) is 0 Å². The Morgan fingerprint density at radius 1 is 1.25 bits per heavy atom. The van der Waals surface area contributed by atoms with Crippen LogP contribution in [0.5, 0.6) is 0 Å². The Bertz CT molecular complexity index is 284. The van der Waals surface area contributed by atoms with E-state index in [0.717, 1.165) is 4.88 Å². The fraction of sp³-hybridized carbons (Fsp3) is 0.545. The van der Waals surface area contributed by atoms with Crippen LogP contribution in [0.3, 0.4) is 0 Å². The molecule has 0 saturated carbocycles. The van der Waals surface area contributed by atoms with Crippen molar-refractivity contribution in [2.75, 3.05) is 40.1 Å². The van der Waals surface area contributed by atoms with E-state index in [4.69, 9.17) is 14.2 Å². The summed E-state index contributed by atoms with van der Waals surface area (Å²) in [4.78, 5) is 12.2. The third-order valence-corrected chi connectivity index (χ3v) is 2.74. The molecule has 5 heteroatoms. The number of ether oxygens (including phenoxy) is 3. The number of hydrogen-bond donors (Lipinski definition) is 0. The molecule has 16 heavy (non-hydrogen) atoms. The van der Waals surface area contributed by atoms with Gasteiger partial charge in [-0.3, -0.25) is 4.79 Å². The Hall–Kier alpha value is -0.750. The fourth-order valence-corrected chi connectivity index (χ4v) is 1.69. The van der Waals surface area contributed by atoms with E-state index in [9.17, 15) is 4.79 Å². The van der Waals surface area contributed by atoms with E-state index in [1.807, 2.05) is 11.4 Å². The molecule has 0 unspecified atom stereocenters. The first-order valence-corrected chi connectivity index (χ1v) is 5.93. The highest BCUT2D eigenvalue weighted by molar-refractivity contribution is 7.12. The zero-order valence-corrected chi connectivity index (χ0v) is 10.1. The smallest absolute Gasteiger partial charge is 0.198 e. The van der Waals surface area contributed by atoms with Crippen molar-refractivity contribution in [3.8, 4) is 0 Å². The molecular formula is C11H16O4S. The first-order chi connectivity index (χ1) is 7.84. The van der Waals surface area contributed by atoms with Crippen molar-refractivity contribution in [3.63, 3.8) is 0 Å². The zero-order chi connectivity index (χ0) is 11.6. The summed E-state index contributed by atoms with van der Waals surface area (Å²) in [6, 6.07) is 3.65. The second-order valence-corrected chi connectivity index (χ2v) is 4.01. The highest BCUT2D eigenvalue weighted by atomic mass is 32.1. The molecule has 1 aromatic heterocycles. The number of hydrogen-bond acceptors (Lipinski definition) is 5.